The fourth-order valence-corrected chi connectivity index (χ4v) is 3.24. The quantitative estimate of drug-likeness (QED) is 0.678. The Balaban J connectivity index is 2.27. The van der Waals surface area contributed by atoms with E-state index in [0.717, 1.165) is 5.56 Å². The van der Waals surface area contributed by atoms with E-state index in [9.17, 15) is 19.5 Å². The van der Waals surface area contributed by atoms with E-state index < -0.39 is 29.1 Å². The molecule has 0 bridgehead atoms. The van der Waals surface area contributed by atoms with Crippen LogP contribution in [0, 0.1) is 5.41 Å². The number of aliphatic hydroxyl groups excluding tert-OH is 1. The smallest absolute Gasteiger partial charge is 0.303 e. The molecule has 0 spiro atoms. The van der Waals surface area contributed by atoms with Gasteiger partial charge in [0.1, 0.15) is 0 Å². The Morgan fingerprint density at radius 3 is 2.26 bits per heavy atom. The van der Waals surface area contributed by atoms with E-state index in [1.165, 1.54) is 4.90 Å². The van der Waals surface area contributed by atoms with Gasteiger partial charge in [0, 0.05) is 18.4 Å². The summed E-state index contributed by atoms with van der Waals surface area (Å²) in [5, 5.41) is 19.2. The zero-order chi connectivity index (χ0) is 20.2. The van der Waals surface area contributed by atoms with E-state index >= 15 is 0 Å². The number of nitrogens with zero attached hydrogens (tertiary/aromatic N) is 1. The molecule has 2 N–H and O–H groups in total. The fourth-order valence-electron chi connectivity index (χ4n) is 3.24. The molecule has 0 aromatic heterocycles. The van der Waals surface area contributed by atoms with Gasteiger partial charge in [0.2, 0.25) is 0 Å². The average Bonchev–Trinajstić information content (AvgIpc) is 2.85. The Labute approximate surface area is 159 Å². The molecule has 1 heterocycles. The van der Waals surface area contributed by atoms with Gasteiger partial charge >= 0.3 is 5.97 Å². The van der Waals surface area contributed by atoms with Crippen molar-refractivity contribution >= 4 is 17.7 Å². The molecule has 6 heteroatoms. The van der Waals surface area contributed by atoms with E-state index in [-0.39, 0.29) is 17.8 Å². The number of benzene rings is 1. The molecule has 1 aromatic rings. The Morgan fingerprint density at radius 1 is 1.07 bits per heavy atom. The van der Waals surface area contributed by atoms with Crippen molar-refractivity contribution in [3.63, 3.8) is 0 Å². The summed E-state index contributed by atoms with van der Waals surface area (Å²) in [6, 6.07) is 8.57. The van der Waals surface area contributed by atoms with Crippen LogP contribution in [0.4, 0.5) is 0 Å². The highest BCUT2D eigenvalue weighted by Crippen LogP contribution is 2.40. The lowest BCUT2D eigenvalue weighted by Crippen LogP contribution is -2.33. The highest BCUT2D eigenvalue weighted by atomic mass is 16.4. The number of unbranched alkanes of at least 4 members (excludes halogenated alkanes) is 2. The maximum atomic E-state index is 12.9. The molecule has 2 rings (SSSR count). The Bertz CT molecular complexity index is 746. The van der Waals surface area contributed by atoms with Crippen LogP contribution in [0.3, 0.4) is 0 Å². The summed E-state index contributed by atoms with van der Waals surface area (Å²) in [5.41, 5.74) is 0.186. The van der Waals surface area contributed by atoms with Crippen molar-refractivity contribution in [1.29, 1.82) is 0 Å². The molecule has 1 aliphatic rings. The largest absolute Gasteiger partial charge is 0.503 e. The minimum atomic E-state index is -0.841. The lowest BCUT2D eigenvalue weighted by Gasteiger charge is -2.29. The molecule has 0 aliphatic carbocycles. The van der Waals surface area contributed by atoms with Crippen LogP contribution in [0.25, 0.3) is 0 Å². The first-order chi connectivity index (χ1) is 12.6. The number of carboxylic acids is 1. The van der Waals surface area contributed by atoms with Gasteiger partial charge in [-0.25, -0.2) is 0 Å². The first-order valence-corrected chi connectivity index (χ1v) is 9.20. The Morgan fingerprint density at radius 2 is 1.70 bits per heavy atom. The van der Waals surface area contributed by atoms with Gasteiger partial charge < -0.3 is 15.1 Å². The van der Waals surface area contributed by atoms with Crippen molar-refractivity contribution in [2.45, 2.75) is 52.5 Å². The highest BCUT2D eigenvalue weighted by Gasteiger charge is 2.45. The molecule has 6 nitrogen and oxygen atoms in total. The maximum Gasteiger partial charge on any atom is 0.303 e. The van der Waals surface area contributed by atoms with Gasteiger partial charge in [0.15, 0.2) is 11.5 Å². The zero-order valence-electron chi connectivity index (χ0n) is 16.1. The van der Waals surface area contributed by atoms with Crippen LogP contribution in [-0.2, 0) is 14.4 Å². The summed E-state index contributed by atoms with van der Waals surface area (Å²) >= 11 is 0. The molecule has 27 heavy (non-hydrogen) atoms. The SMILES string of the molecule is CC(C)(C)C(=O)C1=C(O)C(=O)N(CCCCCC(=O)O)C1c1ccccc1. The lowest BCUT2D eigenvalue weighted by atomic mass is 9.82. The van der Waals surface area contributed by atoms with Crippen LogP contribution in [0.1, 0.15) is 58.1 Å². The number of carbonyl (C=O) groups excluding carboxylic acids is 2. The second-order valence-corrected chi connectivity index (χ2v) is 7.86. The van der Waals surface area contributed by atoms with E-state index in [0.29, 0.717) is 25.8 Å². The number of amides is 1. The third kappa shape index (κ3) is 4.76. The van der Waals surface area contributed by atoms with Gasteiger partial charge in [-0.2, -0.15) is 0 Å². The number of hydrogen-bond donors (Lipinski definition) is 2. The Hall–Kier alpha value is -2.63. The van der Waals surface area contributed by atoms with Crippen LogP contribution in [0.2, 0.25) is 0 Å². The second-order valence-electron chi connectivity index (χ2n) is 7.86. The van der Waals surface area contributed by atoms with Crippen molar-refractivity contribution in [3.05, 3.63) is 47.2 Å². The molecule has 0 saturated carbocycles. The van der Waals surface area contributed by atoms with Crippen molar-refractivity contribution in [1.82, 2.24) is 4.90 Å². The van der Waals surface area contributed by atoms with Gasteiger partial charge in [0.05, 0.1) is 11.6 Å². The van der Waals surface area contributed by atoms with E-state index in [1.807, 2.05) is 30.3 Å². The van der Waals surface area contributed by atoms with Gasteiger partial charge in [0.25, 0.3) is 5.91 Å². The average molecular weight is 373 g/mol. The molecule has 0 saturated heterocycles. The molecule has 0 fully saturated rings. The molecule has 1 amide bonds. The standard InChI is InChI=1S/C21H27NO5/c1-21(2,3)19(26)16-17(14-10-6-4-7-11-14)22(20(27)18(16)25)13-9-5-8-12-15(23)24/h4,6-7,10-11,17,25H,5,8-9,12-13H2,1-3H3,(H,23,24). The minimum Gasteiger partial charge on any atom is -0.503 e. The highest BCUT2D eigenvalue weighted by molar-refractivity contribution is 6.10. The number of hydrogen-bond acceptors (Lipinski definition) is 4. The number of carbonyl (C=O) groups is 3. The normalized spacial score (nSPS) is 17.5. The lowest BCUT2D eigenvalue weighted by molar-refractivity contribution is -0.137. The van der Waals surface area contributed by atoms with Crippen LogP contribution in [0.5, 0.6) is 0 Å². The molecule has 1 aliphatic heterocycles. The zero-order valence-corrected chi connectivity index (χ0v) is 16.1. The molecule has 1 atom stereocenters. The molecule has 1 aromatic carbocycles. The third-order valence-electron chi connectivity index (χ3n) is 4.63. The van der Waals surface area contributed by atoms with Crippen LogP contribution >= 0.6 is 0 Å². The summed E-state index contributed by atoms with van der Waals surface area (Å²) in [6.07, 6.45) is 1.88. The molecule has 0 radical (unpaired) electrons. The van der Waals surface area contributed by atoms with E-state index in [4.69, 9.17) is 5.11 Å². The van der Waals surface area contributed by atoms with Gasteiger partial charge in [-0.3, -0.25) is 14.4 Å². The predicted molar refractivity (Wildman–Crippen MR) is 101 cm³/mol. The first kappa shape index (κ1) is 20.7. The van der Waals surface area contributed by atoms with Crippen molar-refractivity contribution in [2.75, 3.05) is 6.54 Å². The monoisotopic (exact) mass is 373 g/mol. The summed E-state index contributed by atoms with van der Waals surface area (Å²) < 4.78 is 0. The summed E-state index contributed by atoms with van der Waals surface area (Å²) in [6.45, 7) is 5.63. The Kier molecular flexibility index (Phi) is 6.41. The fraction of sp³-hybridized carbons (Fsp3) is 0.476. The van der Waals surface area contributed by atoms with Crippen LogP contribution < -0.4 is 0 Å². The van der Waals surface area contributed by atoms with Gasteiger partial charge in [-0.05, 0) is 18.4 Å². The van der Waals surface area contributed by atoms with E-state index in [2.05, 4.69) is 0 Å². The maximum absolute atomic E-state index is 12.9. The predicted octanol–water partition coefficient (Wildman–Crippen LogP) is 3.64. The first-order valence-electron chi connectivity index (χ1n) is 9.20. The number of aliphatic hydroxyl groups is 1. The van der Waals surface area contributed by atoms with Crippen molar-refractivity contribution < 1.29 is 24.6 Å². The molecular formula is C21H27NO5. The number of carboxylic acid groups (broad SMARTS) is 1. The number of ketones is 1. The third-order valence-corrected chi connectivity index (χ3v) is 4.63. The van der Waals surface area contributed by atoms with Gasteiger partial charge in [-0.1, -0.05) is 57.5 Å². The van der Waals surface area contributed by atoms with Crippen LogP contribution in [0.15, 0.2) is 41.7 Å². The molecule has 146 valence electrons. The number of Topliss-reactive ketones (excluding diaryl/α,β-unsaturated/α-hetero) is 1. The summed E-state index contributed by atoms with van der Waals surface area (Å²) in [5.74, 6) is -2.12. The molecule has 1 unspecified atom stereocenters. The second kappa shape index (κ2) is 8.37. The summed E-state index contributed by atoms with van der Waals surface area (Å²) in [4.78, 5) is 37.8. The van der Waals surface area contributed by atoms with E-state index in [1.54, 1.807) is 20.8 Å². The minimum absolute atomic E-state index is 0.0906. The topological polar surface area (TPSA) is 94.9 Å². The summed E-state index contributed by atoms with van der Waals surface area (Å²) in [7, 11) is 0. The van der Waals surface area contributed by atoms with Crippen molar-refractivity contribution in [3.8, 4) is 0 Å². The number of aliphatic carboxylic acids is 1. The van der Waals surface area contributed by atoms with Crippen LogP contribution in [-0.4, -0.2) is 39.3 Å². The van der Waals surface area contributed by atoms with Crippen molar-refractivity contribution in [2.24, 2.45) is 5.41 Å². The molecular weight excluding hydrogens is 346 g/mol. The van der Waals surface area contributed by atoms with Gasteiger partial charge in [-0.15, -0.1) is 0 Å². The number of rotatable bonds is 8.